The third kappa shape index (κ3) is 4.86. The molecule has 0 fully saturated rings. The van der Waals surface area contributed by atoms with Gasteiger partial charge in [-0.3, -0.25) is 9.78 Å². The van der Waals surface area contributed by atoms with Gasteiger partial charge in [0.1, 0.15) is 0 Å². The lowest BCUT2D eigenvalue weighted by Gasteiger charge is -2.21. The summed E-state index contributed by atoms with van der Waals surface area (Å²) >= 11 is 0. The number of hydrogen-bond acceptors (Lipinski definition) is 3. The Morgan fingerprint density at radius 1 is 1.41 bits per heavy atom. The van der Waals surface area contributed by atoms with Crippen molar-refractivity contribution in [3.05, 3.63) is 30.1 Å². The molecule has 0 radical (unpaired) electrons. The van der Waals surface area contributed by atoms with Gasteiger partial charge in [-0.15, -0.1) is 0 Å². The van der Waals surface area contributed by atoms with Gasteiger partial charge in [-0.1, -0.05) is 0 Å². The molecule has 1 aromatic rings. The Labute approximate surface area is 97.9 Å². The molecule has 0 saturated carbocycles. The molecule has 6 heteroatoms. The molecule has 0 aliphatic rings. The molecule has 0 unspecified atom stereocenters. The first kappa shape index (κ1) is 13.5. The number of alkyl halides is 2. The summed E-state index contributed by atoms with van der Waals surface area (Å²) in [5.41, 5.74) is 0.710. The highest BCUT2D eigenvalue weighted by molar-refractivity contribution is 5.78. The maximum atomic E-state index is 12.2. The fraction of sp³-hybridized carbons (Fsp3) is 0.455. The van der Waals surface area contributed by atoms with Crippen molar-refractivity contribution in [3.8, 4) is 0 Å². The lowest BCUT2D eigenvalue weighted by molar-refractivity contribution is -0.133. The number of aliphatic hydroxyl groups is 1. The van der Waals surface area contributed by atoms with Crippen LogP contribution in [0.4, 0.5) is 8.78 Å². The minimum absolute atomic E-state index is 0.0369. The van der Waals surface area contributed by atoms with Crippen LogP contribution in [0.15, 0.2) is 24.5 Å². The zero-order chi connectivity index (χ0) is 12.7. The Kier molecular flexibility index (Phi) is 5.48. The van der Waals surface area contributed by atoms with E-state index in [-0.39, 0.29) is 19.6 Å². The van der Waals surface area contributed by atoms with Gasteiger partial charge in [0.05, 0.1) is 19.6 Å². The van der Waals surface area contributed by atoms with Crippen molar-refractivity contribution in [2.24, 2.45) is 0 Å². The molecule has 1 rings (SSSR count). The molecule has 1 aromatic heterocycles. The van der Waals surface area contributed by atoms with Gasteiger partial charge in [0, 0.05) is 18.9 Å². The Hall–Kier alpha value is -1.56. The quantitative estimate of drug-likeness (QED) is 0.801. The van der Waals surface area contributed by atoms with Crippen LogP contribution >= 0.6 is 0 Å². The Bertz CT molecular complexity index is 347. The van der Waals surface area contributed by atoms with E-state index < -0.39 is 18.9 Å². The highest BCUT2D eigenvalue weighted by Crippen LogP contribution is 2.04. The van der Waals surface area contributed by atoms with E-state index in [4.69, 9.17) is 5.11 Å². The fourth-order valence-corrected chi connectivity index (χ4v) is 1.39. The lowest BCUT2D eigenvalue weighted by atomic mass is 10.2. The third-order valence-corrected chi connectivity index (χ3v) is 2.19. The van der Waals surface area contributed by atoms with Gasteiger partial charge in [0.25, 0.3) is 6.43 Å². The van der Waals surface area contributed by atoms with E-state index in [2.05, 4.69) is 4.98 Å². The van der Waals surface area contributed by atoms with Gasteiger partial charge in [0.2, 0.25) is 5.91 Å². The summed E-state index contributed by atoms with van der Waals surface area (Å²) in [7, 11) is 0. The van der Waals surface area contributed by atoms with E-state index in [1.165, 1.54) is 12.4 Å². The molecular weight excluding hydrogens is 230 g/mol. The zero-order valence-corrected chi connectivity index (χ0v) is 9.22. The standard InChI is InChI=1S/C11H14F2N2O2/c12-10(13)8-15(5-6-16)11(17)7-9-1-3-14-4-2-9/h1-4,10,16H,5-8H2. The van der Waals surface area contributed by atoms with E-state index in [0.29, 0.717) is 5.56 Å². The highest BCUT2D eigenvalue weighted by atomic mass is 19.3. The predicted octanol–water partition coefficient (Wildman–Crippen LogP) is 0.710. The smallest absolute Gasteiger partial charge is 0.255 e. The zero-order valence-electron chi connectivity index (χ0n) is 9.22. The first-order valence-electron chi connectivity index (χ1n) is 5.19. The van der Waals surface area contributed by atoms with Crippen molar-refractivity contribution in [3.63, 3.8) is 0 Å². The Morgan fingerprint density at radius 2 is 2.06 bits per heavy atom. The number of aromatic nitrogens is 1. The van der Waals surface area contributed by atoms with Gasteiger partial charge in [0.15, 0.2) is 0 Å². The second kappa shape index (κ2) is 6.90. The lowest BCUT2D eigenvalue weighted by Crippen LogP contribution is -2.38. The number of carbonyl (C=O) groups is 1. The number of hydrogen-bond donors (Lipinski definition) is 1. The summed E-state index contributed by atoms with van der Waals surface area (Å²) in [6.07, 6.45) is 0.510. The number of aliphatic hydroxyl groups excluding tert-OH is 1. The van der Waals surface area contributed by atoms with Gasteiger partial charge in [-0.05, 0) is 17.7 Å². The summed E-state index contributed by atoms with van der Waals surface area (Å²) in [5.74, 6) is -0.425. The minimum atomic E-state index is -2.59. The molecule has 17 heavy (non-hydrogen) atoms. The molecule has 1 heterocycles. The SMILES string of the molecule is O=C(Cc1ccncc1)N(CCO)CC(F)F. The summed E-state index contributed by atoms with van der Waals surface area (Å²) in [5, 5.41) is 8.72. The molecule has 1 N–H and O–H groups in total. The molecule has 0 atom stereocenters. The van der Waals surface area contributed by atoms with Gasteiger partial charge >= 0.3 is 0 Å². The second-order valence-electron chi connectivity index (χ2n) is 3.49. The van der Waals surface area contributed by atoms with Gasteiger partial charge in [-0.2, -0.15) is 0 Å². The molecule has 0 spiro atoms. The van der Waals surface area contributed by atoms with Crippen molar-refractivity contribution in [1.29, 1.82) is 0 Å². The van der Waals surface area contributed by atoms with Crippen molar-refractivity contribution in [1.82, 2.24) is 9.88 Å². The number of rotatable bonds is 6. The van der Waals surface area contributed by atoms with Gasteiger partial charge < -0.3 is 10.0 Å². The van der Waals surface area contributed by atoms with Crippen molar-refractivity contribution in [2.75, 3.05) is 19.7 Å². The maximum absolute atomic E-state index is 12.2. The summed E-state index contributed by atoms with van der Waals surface area (Å²) in [4.78, 5) is 16.5. The van der Waals surface area contributed by atoms with E-state index in [0.717, 1.165) is 4.90 Å². The number of halogens is 2. The van der Waals surface area contributed by atoms with Crippen LogP contribution in [0.25, 0.3) is 0 Å². The van der Waals surface area contributed by atoms with Crippen LogP contribution in [0.1, 0.15) is 5.56 Å². The molecule has 1 amide bonds. The first-order valence-corrected chi connectivity index (χ1v) is 5.19. The molecule has 0 aliphatic carbocycles. The average molecular weight is 244 g/mol. The largest absolute Gasteiger partial charge is 0.395 e. The monoisotopic (exact) mass is 244 g/mol. The van der Waals surface area contributed by atoms with Crippen molar-refractivity contribution < 1.29 is 18.7 Å². The van der Waals surface area contributed by atoms with E-state index in [1.807, 2.05) is 0 Å². The molecule has 0 saturated heterocycles. The highest BCUT2D eigenvalue weighted by Gasteiger charge is 2.17. The molecule has 94 valence electrons. The molecule has 4 nitrogen and oxygen atoms in total. The van der Waals surface area contributed by atoms with Gasteiger partial charge in [-0.25, -0.2) is 8.78 Å². The fourth-order valence-electron chi connectivity index (χ4n) is 1.39. The normalized spacial score (nSPS) is 10.6. The number of nitrogens with zero attached hydrogens (tertiary/aromatic N) is 2. The van der Waals surface area contributed by atoms with Crippen LogP contribution in [-0.2, 0) is 11.2 Å². The number of carbonyl (C=O) groups excluding carboxylic acids is 1. The van der Waals surface area contributed by atoms with Crippen molar-refractivity contribution >= 4 is 5.91 Å². The summed E-state index contributed by atoms with van der Waals surface area (Å²) in [6, 6.07) is 3.30. The second-order valence-corrected chi connectivity index (χ2v) is 3.49. The number of pyridine rings is 1. The predicted molar refractivity (Wildman–Crippen MR) is 57.6 cm³/mol. The molecule has 0 bridgehead atoms. The van der Waals surface area contributed by atoms with Crippen LogP contribution in [0.3, 0.4) is 0 Å². The first-order chi connectivity index (χ1) is 8.13. The van der Waals surface area contributed by atoms with Crippen LogP contribution < -0.4 is 0 Å². The Morgan fingerprint density at radius 3 is 2.59 bits per heavy atom. The molecule has 0 aromatic carbocycles. The number of amides is 1. The van der Waals surface area contributed by atoms with E-state index in [1.54, 1.807) is 12.1 Å². The summed E-state index contributed by atoms with van der Waals surface area (Å²) in [6.45, 7) is -1.05. The van der Waals surface area contributed by atoms with E-state index >= 15 is 0 Å². The third-order valence-electron chi connectivity index (χ3n) is 2.19. The molecule has 0 aliphatic heterocycles. The van der Waals surface area contributed by atoms with Crippen LogP contribution in [0.2, 0.25) is 0 Å². The van der Waals surface area contributed by atoms with Crippen LogP contribution in [0, 0.1) is 0 Å². The van der Waals surface area contributed by atoms with Crippen LogP contribution in [-0.4, -0.2) is 47.0 Å². The van der Waals surface area contributed by atoms with Crippen molar-refractivity contribution in [2.45, 2.75) is 12.8 Å². The molecular formula is C11H14F2N2O2. The summed E-state index contributed by atoms with van der Waals surface area (Å²) < 4.78 is 24.4. The maximum Gasteiger partial charge on any atom is 0.255 e. The van der Waals surface area contributed by atoms with E-state index in [9.17, 15) is 13.6 Å². The van der Waals surface area contributed by atoms with Crippen LogP contribution in [0.5, 0.6) is 0 Å². The Balaban J connectivity index is 2.59. The minimum Gasteiger partial charge on any atom is -0.395 e. The topological polar surface area (TPSA) is 53.4 Å². The average Bonchev–Trinajstić information content (AvgIpc) is 2.29.